The Morgan fingerprint density at radius 2 is 1.88 bits per heavy atom. The summed E-state index contributed by atoms with van der Waals surface area (Å²) in [5.41, 5.74) is 0.567. The van der Waals surface area contributed by atoms with Crippen LogP contribution in [0.1, 0.15) is 42.1 Å². The lowest BCUT2D eigenvalue weighted by Crippen LogP contribution is -2.37. The van der Waals surface area contributed by atoms with E-state index in [1.165, 1.54) is 4.68 Å². The second kappa shape index (κ2) is 10.6. The zero-order chi connectivity index (χ0) is 23.3. The Hall–Kier alpha value is -2.20. The van der Waals surface area contributed by atoms with E-state index in [2.05, 4.69) is 15.7 Å². The number of hydrogen-bond donors (Lipinski definition) is 2. The third-order valence-electron chi connectivity index (χ3n) is 5.14. The summed E-state index contributed by atoms with van der Waals surface area (Å²) in [4.78, 5) is 0. The molecule has 3 rings (SSSR count). The Labute approximate surface area is 195 Å². The summed E-state index contributed by atoms with van der Waals surface area (Å²) in [5.74, 6) is 1.41. The van der Waals surface area contributed by atoms with Crippen LogP contribution in [0.4, 0.5) is 13.2 Å². The van der Waals surface area contributed by atoms with Gasteiger partial charge in [0.15, 0.2) is 22.3 Å². The second-order valence-corrected chi connectivity index (χ2v) is 8.30. The number of aromatic nitrogens is 2. The van der Waals surface area contributed by atoms with Crippen LogP contribution in [-0.4, -0.2) is 42.2 Å². The maximum atomic E-state index is 13.1. The molecule has 1 heterocycles. The third kappa shape index (κ3) is 6.19. The van der Waals surface area contributed by atoms with Crippen molar-refractivity contribution in [3.63, 3.8) is 0 Å². The molecule has 1 aromatic carbocycles. The maximum absolute atomic E-state index is 13.1. The van der Waals surface area contributed by atoms with E-state index in [1.807, 2.05) is 18.2 Å². The Morgan fingerprint density at radius 3 is 2.50 bits per heavy atom. The van der Waals surface area contributed by atoms with Gasteiger partial charge in [0, 0.05) is 25.6 Å². The molecule has 6 nitrogen and oxygen atoms in total. The Bertz CT molecular complexity index is 948. The van der Waals surface area contributed by atoms with Crippen LogP contribution in [0, 0.1) is 0 Å². The molecule has 176 valence electrons. The molecule has 1 fully saturated rings. The molecule has 1 aliphatic rings. The molecule has 1 aromatic heterocycles. The van der Waals surface area contributed by atoms with Crippen molar-refractivity contribution in [1.82, 2.24) is 20.4 Å². The van der Waals surface area contributed by atoms with Gasteiger partial charge in [0.2, 0.25) is 0 Å². The molecule has 0 bridgehead atoms. The van der Waals surface area contributed by atoms with Crippen LogP contribution in [0.15, 0.2) is 18.2 Å². The highest BCUT2D eigenvalue weighted by Crippen LogP contribution is 2.46. The minimum absolute atomic E-state index is 0.0679. The average molecular weight is 491 g/mol. The zero-order valence-electron chi connectivity index (χ0n) is 17.9. The normalized spacial score (nSPS) is 13.7. The van der Waals surface area contributed by atoms with E-state index in [0.29, 0.717) is 48.4 Å². The Kier molecular flexibility index (Phi) is 8.10. The van der Waals surface area contributed by atoms with Gasteiger partial charge in [-0.3, -0.25) is 4.68 Å². The third-order valence-corrected chi connectivity index (χ3v) is 5.80. The molecular weight excluding hydrogens is 465 g/mol. The first-order chi connectivity index (χ1) is 15.2. The first-order valence-corrected chi connectivity index (χ1v) is 11.1. The van der Waals surface area contributed by atoms with Crippen molar-refractivity contribution in [3.8, 4) is 11.5 Å². The van der Waals surface area contributed by atoms with E-state index in [0.717, 1.165) is 24.8 Å². The largest absolute Gasteiger partial charge is 0.493 e. The van der Waals surface area contributed by atoms with Gasteiger partial charge in [-0.25, -0.2) is 0 Å². The van der Waals surface area contributed by atoms with Crippen molar-refractivity contribution >= 4 is 28.9 Å². The zero-order valence-corrected chi connectivity index (χ0v) is 19.5. The fraction of sp³-hybridized carbons (Fsp3) is 0.524. The maximum Gasteiger partial charge on any atom is 0.436 e. The van der Waals surface area contributed by atoms with Crippen LogP contribution in [0.2, 0.25) is 5.02 Å². The van der Waals surface area contributed by atoms with Gasteiger partial charge >= 0.3 is 6.18 Å². The lowest BCUT2D eigenvalue weighted by atomic mass is 10.1. The van der Waals surface area contributed by atoms with Crippen LogP contribution in [0.5, 0.6) is 11.5 Å². The first-order valence-electron chi connectivity index (χ1n) is 10.3. The van der Waals surface area contributed by atoms with Crippen LogP contribution >= 0.6 is 23.8 Å². The van der Waals surface area contributed by atoms with E-state index in [4.69, 9.17) is 33.3 Å². The number of thiocarbonyl (C=S) groups is 1. The minimum atomic E-state index is -4.55. The van der Waals surface area contributed by atoms with Crippen molar-refractivity contribution in [2.45, 2.75) is 44.3 Å². The molecule has 1 saturated carbocycles. The highest BCUT2D eigenvalue weighted by atomic mass is 35.5. The Morgan fingerprint density at radius 1 is 1.19 bits per heavy atom. The number of benzene rings is 1. The molecule has 0 radical (unpaired) electrons. The van der Waals surface area contributed by atoms with Crippen molar-refractivity contribution in [2.75, 3.05) is 27.3 Å². The summed E-state index contributed by atoms with van der Waals surface area (Å²) in [6.07, 6.45) is -1.57. The van der Waals surface area contributed by atoms with Gasteiger partial charge in [0.05, 0.1) is 24.9 Å². The van der Waals surface area contributed by atoms with Crippen LogP contribution in [-0.2, 0) is 19.1 Å². The Balaban J connectivity index is 1.42. The molecule has 2 N–H and O–H groups in total. The van der Waals surface area contributed by atoms with Gasteiger partial charge in [0.1, 0.15) is 0 Å². The van der Waals surface area contributed by atoms with Gasteiger partial charge in [-0.1, -0.05) is 17.7 Å². The smallest absolute Gasteiger partial charge is 0.436 e. The number of nitrogens with one attached hydrogen (secondary N) is 2. The predicted octanol–water partition coefficient (Wildman–Crippen LogP) is 4.55. The van der Waals surface area contributed by atoms with Crippen LogP contribution in [0.3, 0.4) is 0 Å². The van der Waals surface area contributed by atoms with Crippen LogP contribution < -0.4 is 20.1 Å². The molecule has 0 spiro atoms. The summed E-state index contributed by atoms with van der Waals surface area (Å²) in [5, 5.41) is 10.2. The summed E-state index contributed by atoms with van der Waals surface area (Å²) in [6.45, 7) is 1.46. The van der Waals surface area contributed by atoms with Crippen molar-refractivity contribution in [1.29, 1.82) is 0 Å². The standard InChI is InChI=1S/C21H26ClF3N4O2S/c1-30-15-7-4-13(12-16(15)31-2)8-10-27-20(32)26-9-3-11-29-18(14-5-6-14)17(22)19(28-29)21(23,24)25/h4,7,12,14H,3,5-6,8-11H2,1-2H3,(H2,26,27,32). The monoisotopic (exact) mass is 490 g/mol. The highest BCUT2D eigenvalue weighted by molar-refractivity contribution is 7.80. The first kappa shape index (κ1) is 24.4. The van der Waals surface area contributed by atoms with Gasteiger partial charge < -0.3 is 20.1 Å². The fourth-order valence-electron chi connectivity index (χ4n) is 3.40. The molecule has 0 unspecified atom stereocenters. The topological polar surface area (TPSA) is 60.3 Å². The molecule has 0 amide bonds. The molecule has 0 saturated heterocycles. The SMILES string of the molecule is COc1ccc(CCNC(=S)NCCCn2nc(C(F)(F)F)c(Cl)c2C2CC2)cc1OC. The molecule has 1 aliphatic carbocycles. The number of alkyl halides is 3. The van der Waals surface area contributed by atoms with Gasteiger partial charge in [-0.2, -0.15) is 18.3 Å². The molecular formula is C21H26ClF3N4O2S. The number of halogens is 4. The minimum Gasteiger partial charge on any atom is -0.493 e. The van der Waals surface area contributed by atoms with E-state index in [-0.39, 0.29) is 10.9 Å². The molecule has 32 heavy (non-hydrogen) atoms. The lowest BCUT2D eigenvalue weighted by Gasteiger charge is -2.12. The quantitative estimate of drug-likeness (QED) is 0.376. The van der Waals surface area contributed by atoms with Gasteiger partial charge in [0.25, 0.3) is 0 Å². The number of ether oxygens (including phenoxy) is 2. The van der Waals surface area contributed by atoms with Gasteiger partial charge in [-0.15, -0.1) is 0 Å². The molecule has 2 aromatic rings. The molecule has 0 aliphatic heterocycles. The lowest BCUT2D eigenvalue weighted by molar-refractivity contribution is -0.141. The summed E-state index contributed by atoms with van der Waals surface area (Å²) >= 11 is 11.3. The summed E-state index contributed by atoms with van der Waals surface area (Å²) in [6, 6.07) is 5.73. The number of aryl methyl sites for hydroxylation is 1. The number of rotatable bonds is 10. The van der Waals surface area contributed by atoms with E-state index < -0.39 is 11.9 Å². The molecule has 11 heteroatoms. The van der Waals surface area contributed by atoms with Gasteiger partial charge in [-0.05, 0) is 55.6 Å². The highest BCUT2D eigenvalue weighted by Gasteiger charge is 2.41. The van der Waals surface area contributed by atoms with E-state index >= 15 is 0 Å². The van der Waals surface area contributed by atoms with Crippen molar-refractivity contribution in [2.24, 2.45) is 0 Å². The fourth-order valence-corrected chi connectivity index (χ4v) is 4.00. The van der Waals surface area contributed by atoms with E-state index in [1.54, 1.807) is 14.2 Å². The predicted molar refractivity (Wildman–Crippen MR) is 121 cm³/mol. The summed E-state index contributed by atoms with van der Waals surface area (Å²) in [7, 11) is 3.18. The number of hydrogen-bond acceptors (Lipinski definition) is 4. The average Bonchev–Trinajstić information content (AvgIpc) is 3.52. The van der Waals surface area contributed by atoms with Crippen molar-refractivity contribution < 1.29 is 22.6 Å². The number of nitrogens with zero attached hydrogens (tertiary/aromatic N) is 2. The van der Waals surface area contributed by atoms with Crippen LogP contribution in [0.25, 0.3) is 0 Å². The van der Waals surface area contributed by atoms with E-state index in [9.17, 15) is 13.2 Å². The summed E-state index contributed by atoms with van der Waals surface area (Å²) < 4.78 is 51.3. The van der Waals surface area contributed by atoms with Crippen molar-refractivity contribution in [3.05, 3.63) is 40.2 Å². The second-order valence-electron chi connectivity index (χ2n) is 7.52. The molecule has 0 atom stereocenters. The number of methoxy groups -OCH3 is 2.